The topological polar surface area (TPSA) is 29.5 Å². The number of hydrogen-bond acceptors (Lipinski definition) is 2. The van der Waals surface area contributed by atoms with E-state index in [-0.39, 0.29) is 12.0 Å². The van der Waals surface area contributed by atoms with Gasteiger partial charge < -0.3 is 9.84 Å². The molecule has 3 rings (SSSR count). The van der Waals surface area contributed by atoms with Crippen LogP contribution in [0.2, 0.25) is 0 Å². The fourth-order valence-corrected chi connectivity index (χ4v) is 2.52. The Morgan fingerprint density at radius 1 is 1.31 bits per heavy atom. The largest absolute Gasteiger partial charge is 0.493 e. The van der Waals surface area contributed by atoms with Crippen LogP contribution in [0.1, 0.15) is 37.2 Å². The van der Waals surface area contributed by atoms with Crippen LogP contribution in [0.3, 0.4) is 0 Å². The van der Waals surface area contributed by atoms with Crippen LogP contribution in [0.15, 0.2) is 24.3 Å². The highest BCUT2D eigenvalue weighted by atomic mass is 16.5. The zero-order chi connectivity index (χ0) is 11.0. The SMILES string of the molecule is OC(CCC1CC1)C1COc2ccccc21. The first-order valence-corrected chi connectivity index (χ1v) is 6.24. The number of fused-ring (bicyclic) bond motifs is 1. The molecule has 1 heterocycles. The molecule has 0 saturated heterocycles. The van der Waals surface area contributed by atoms with Gasteiger partial charge in [0.25, 0.3) is 0 Å². The normalized spacial score (nSPS) is 24.9. The van der Waals surface area contributed by atoms with E-state index in [9.17, 15) is 5.11 Å². The van der Waals surface area contributed by atoms with Gasteiger partial charge in [0.15, 0.2) is 0 Å². The summed E-state index contributed by atoms with van der Waals surface area (Å²) in [5.74, 6) is 2.04. The molecule has 2 aliphatic rings. The van der Waals surface area contributed by atoms with Crippen LogP contribution in [-0.4, -0.2) is 17.8 Å². The van der Waals surface area contributed by atoms with Crippen LogP contribution in [0.4, 0.5) is 0 Å². The van der Waals surface area contributed by atoms with Gasteiger partial charge in [0.05, 0.1) is 12.7 Å². The van der Waals surface area contributed by atoms with Gasteiger partial charge >= 0.3 is 0 Å². The third-order valence-corrected chi connectivity index (χ3v) is 3.77. The Hall–Kier alpha value is -1.02. The molecule has 0 radical (unpaired) electrons. The van der Waals surface area contributed by atoms with E-state index < -0.39 is 0 Å². The Morgan fingerprint density at radius 2 is 2.12 bits per heavy atom. The minimum absolute atomic E-state index is 0.190. The molecule has 86 valence electrons. The third kappa shape index (κ3) is 1.94. The maximum absolute atomic E-state index is 10.2. The molecule has 16 heavy (non-hydrogen) atoms. The van der Waals surface area contributed by atoms with Crippen LogP contribution >= 0.6 is 0 Å². The van der Waals surface area contributed by atoms with Crippen molar-refractivity contribution in [2.24, 2.45) is 5.92 Å². The van der Waals surface area contributed by atoms with Crippen LogP contribution in [0.25, 0.3) is 0 Å². The van der Waals surface area contributed by atoms with E-state index in [0.29, 0.717) is 6.61 Å². The van der Waals surface area contributed by atoms with Gasteiger partial charge in [-0.3, -0.25) is 0 Å². The van der Waals surface area contributed by atoms with E-state index in [4.69, 9.17) is 4.74 Å². The third-order valence-electron chi connectivity index (χ3n) is 3.77. The minimum atomic E-state index is -0.232. The summed E-state index contributed by atoms with van der Waals surface area (Å²) in [6.07, 6.45) is 4.60. The fraction of sp³-hybridized carbons (Fsp3) is 0.571. The lowest BCUT2D eigenvalue weighted by Crippen LogP contribution is -2.19. The van der Waals surface area contributed by atoms with E-state index in [2.05, 4.69) is 6.07 Å². The lowest BCUT2D eigenvalue weighted by molar-refractivity contribution is 0.116. The number of para-hydroxylation sites is 1. The number of aliphatic hydroxyl groups is 1. The van der Waals surface area contributed by atoms with Crippen molar-refractivity contribution >= 4 is 0 Å². The molecule has 1 aliphatic heterocycles. The zero-order valence-corrected chi connectivity index (χ0v) is 9.43. The summed E-state index contributed by atoms with van der Waals surface area (Å²) in [4.78, 5) is 0. The van der Waals surface area contributed by atoms with Gasteiger partial charge in [-0.15, -0.1) is 0 Å². The minimum Gasteiger partial charge on any atom is -0.493 e. The lowest BCUT2D eigenvalue weighted by atomic mass is 9.92. The summed E-state index contributed by atoms with van der Waals surface area (Å²) in [5.41, 5.74) is 1.19. The average molecular weight is 218 g/mol. The number of aliphatic hydroxyl groups excluding tert-OH is 1. The highest BCUT2D eigenvalue weighted by Crippen LogP contribution is 2.39. The van der Waals surface area contributed by atoms with Crippen molar-refractivity contribution in [1.82, 2.24) is 0 Å². The molecule has 1 aromatic rings. The van der Waals surface area contributed by atoms with Crippen molar-refractivity contribution in [3.8, 4) is 5.75 Å². The van der Waals surface area contributed by atoms with Crippen molar-refractivity contribution in [3.63, 3.8) is 0 Å². The molecule has 0 spiro atoms. The number of ether oxygens (including phenoxy) is 1. The molecular weight excluding hydrogens is 200 g/mol. The Morgan fingerprint density at radius 3 is 2.94 bits per heavy atom. The monoisotopic (exact) mass is 218 g/mol. The molecule has 1 saturated carbocycles. The van der Waals surface area contributed by atoms with Crippen LogP contribution in [0.5, 0.6) is 5.75 Å². The van der Waals surface area contributed by atoms with Gasteiger partial charge in [-0.25, -0.2) is 0 Å². The van der Waals surface area contributed by atoms with Crippen molar-refractivity contribution in [1.29, 1.82) is 0 Å². The second kappa shape index (κ2) is 4.10. The van der Waals surface area contributed by atoms with Crippen molar-refractivity contribution in [2.45, 2.75) is 37.7 Å². The van der Waals surface area contributed by atoms with E-state index in [1.165, 1.54) is 24.8 Å². The van der Waals surface area contributed by atoms with Crippen molar-refractivity contribution in [2.75, 3.05) is 6.61 Å². The predicted molar refractivity (Wildman–Crippen MR) is 62.6 cm³/mol. The Kier molecular flexibility index (Phi) is 2.60. The molecule has 2 heteroatoms. The van der Waals surface area contributed by atoms with Gasteiger partial charge in [0.1, 0.15) is 5.75 Å². The first-order valence-electron chi connectivity index (χ1n) is 6.24. The molecule has 1 N–H and O–H groups in total. The van der Waals surface area contributed by atoms with Crippen molar-refractivity contribution in [3.05, 3.63) is 29.8 Å². The van der Waals surface area contributed by atoms with Gasteiger partial charge in [0.2, 0.25) is 0 Å². The predicted octanol–water partition coefficient (Wildman–Crippen LogP) is 2.71. The highest BCUT2D eigenvalue weighted by molar-refractivity contribution is 5.40. The van der Waals surface area contributed by atoms with E-state index >= 15 is 0 Å². The molecule has 0 aromatic heterocycles. The first kappa shape index (κ1) is 10.2. The fourth-order valence-electron chi connectivity index (χ4n) is 2.52. The highest BCUT2D eigenvalue weighted by Gasteiger charge is 2.31. The standard InChI is InChI=1S/C14H18O2/c15-13(8-7-10-5-6-10)12-9-16-14-4-2-1-3-11(12)14/h1-4,10,12-13,15H,5-9H2. The van der Waals surface area contributed by atoms with Gasteiger partial charge in [0, 0.05) is 11.5 Å². The molecule has 2 unspecified atom stereocenters. The molecule has 2 nitrogen and oxygen atoms in total. The summed E-state index contributed by atoms with van der Waals surface area (Å²) in [7, 11) is 0. The second-order valence-corrected chi connectivity index (χ2v) is 5.04. The molecule has 2 atom stereocenters. The van der Waals surface area contributed by atoms with Crippen molar-refractivity contribution < 1.29 is 9.84 Å². The summed E-state index contributed by atoms with van der Waals surface area (Å²) in [5, 5.41) is 10.2. The van der Waals surface area contributed by atoms with E-state index in [0.717, 1.165) is 18.1 Å². The molecule has 1 aliphatic carbocycles. The van der Waals surface area contributed by atoms with Gasteiger partial charge in [-0.05, 0) is 24.8 Å². The van der Waals surface area contributed by atoms with Gasteiger partial charge in [-0.1, -0.05) is 31.0 Å². The second-order valence-electron chi connectivity index (χ2n) is 5.04. The van der Waals surface area contributed by atoms with Crippen LogP contribution in [0, 0.1) is 5.92 Å². The summed E-state index contributed by atoms with van der Waals surface area (Å²) < 4.78 is 5.59. The van der Waals surface area contributed by atoms with Crippen LogP contribution < -0.4 is 4.74 Å². The number of benzene rings is 1. The summed E-state index contributed by atoms with van der Waals surface area (Å²) in [6, 6.07) is 8.07. The molecule has 1 aromatic carbocycles. The first-order chi connectivity index (χ1) is 7.84. The quantitative estimate of drug-likeness (QED) is 0.842. The Labute approximate surface area is 96.2 Å². The van der Waals surface area contributed by atoms with E-state index in [1.807, 2.05) is 18.2 Å². The Balaban J connectivity index is 1.66. The molecular formula is C14H18O2. The van der Waals surface area contributed by atoms with Gasteiger partial charge in [-0.2, -0.15) is 0 Å². The maximum Gasteiger partial charge on any atom is 0.123 e. The average Bonchev–Trinajstić information content (AvgIpc) is 3.04. The van der Waals surface area contributed by atoms with E-state index in [1.54, 1.807) is 0 Å². The lowest BCUT2D eigenvalue weighted by Gasteiger charge is -2.16. The summed E-state index contributed by atoms with van der Waals surface area (Å²) >= 11 is 0. The molecule has 0 bridgehead atoms. The van der Waals surface area contributed by atoms with Crippen LogP contribution in [-0.2, 0) is 0 Å². The number of hydrogen-bond donors (Lipinski definition) is 1. The summed E-state index contributed by atoms with van der Waals surface area (Å²) in [6.45, 7) is 0.644. The maximum atomic E-state index is 10.2. The smallest absolute Gasteiger partial charge is 0.123 e. The zero-order valence-electron chi connectivity index (χ0n) is 9.43. The number of rotatable bonds is 4. The Bertz CT molecular complexity index is 371. The molecule has 1 fully saturated rings. The molecule has 0 amide bonds.